The van der Waals surface area contributed by atoms with Crippen LogP contribution in [-0.2, 0) is 10.3 Å². The summed E-state index contributed by atoms with van der Waals surface area (Å²) in [7, 11) is -4.16. The Hall–Kier alpha value is -3.18. The zero-order chi connectivity index (χ0) is 17.9. The highest BCUT2D eigenvalue weighted by Crippen LogP contribution is 2.28. The van der Waals surface area contributed by atoms with E-state index in [1.165, 1.54) is 48.5 Å². The Morgan fingerprint density at radius 1 is 1.04 bits per heavy atom. The molecule has 2 aromatic rings. The molecule has 4 N–H and O–H groups in total. The maximum Gasteiger partial charge on any atom is 0.380 e. The Kier molecular flexibility index (Phi) is 4.66. The number of non-ortho nitro benzene ring substituents is 1. The van der Waals surface area contributed by atoms with Crippen molar-refractivity contribution in [2.24, 2.45) is 10.9 Å². The Balaban J connectivity index is 2.34. The third kappa shape index (κ3) is 4.18. The summed E-state index contributed by atoms with van der Waals surface area (Å²) < 4.78 is 26.2. The van der Waals surface area contributed by atoms with E-state index in [1.54, 1.807) is 0 Å². The quantitative estimate of drug-likeness (QED) is 0.611. The second kappa shape index (κ2) is 6.52. The summed E-state index contributed by atoms with van der Waals surface area (Å²) in [6, 6.07) is 9.66. The van der Waals surface area contributed by atoms with E-state index < -0.39 is 21.3 Å². The van der Waals surface area contributed by atoms with Gasteiger partial charge in [-0.3, -0.25) is 15.0 Å². The Morgan fingerprint density at radius 2 is 1.50 bits per heavy atom. The van der Waals surface area contributed by atoms with Crippen molar-refractivity contribution in [1.29, 1.82) is 0 Å². The number of carbonyl (C=O) groups excluding carboxylic acids is 1. The number of rotatable bonds is 5. The maximum atomic E-state index is 11.7. The van der Waals surface area contributed by atoms with Crippen LogP contribution in [0.3, 0.4) is 0 Å². The van der Waals surface area contributed by atoms with E-state index in [0.29, 0.717) is 11.4 Å². The van der Waals surface area contributed by atoms with E-state index in [9.17, 15) is 23.3 Å². The van der Waals surface area contributed by atoms with E-state index in [-0.39, 0.29) is 11.4 Å². The van der Waals surface area contributed by atoms with Crippen molar-refractivity contribution in [2.75, 3.05) is 4.90 Å². The number of anilines is 2. The lowest BCUT2D eigenvalue weighted by molar-refractivity contribution is -0.384. The molecule has 0 aromatic heterocycles. The van der Waals surface area contributed by atoms with Crippen molar-refractivity contribution >= 4 is 33.4 Å². The largest absolute Gasteiger partial charge is 0.380 e. The zero-order valence-electron chi connectivity index (χ0n) is 12.0. The minimum absolute atomic E-state index is 0.0469. The maximum absolute atomic E-state index is 11.7. The van der Waals surface area contributed by atoms with Crippen LogP contribution in [0.15, 0.2) is 48.5 Å². The Morgan fingerprint density at radius 3 is 1.88 bits per heavy atom. The van der Waals surface area contributed by atoms with Gasteiger partial charge in [-0.25, -0.2) is 4.79 Å². The van der Waals surface area contributed by atoms with Crippen molar-refractivity contribution in [3.63, 3.8) is 0 Å². The summed E-state index contributed by atoms with van der Waals surface area (Å²) >= 11 is 0. The molecule has 0 heterocycles. The predicted octanol–water partition coefficient (Wildman–Crippen LogP) is 1.39. The van der Waals surface area contributed by atoms with Gasteiger partial charge in [0.2, 0.25) is 0 Å². The number of nitro benzene ring substituents is 1. The third-order valence-corrected chi connectivity index (χ3v) is 3.27. The highest BCUT2D eigenvalue weighted by molar-refractivity contribution is 7.84. The van der Waals surface area contributed by atoms with Crippen molar-refractivity contribution in [1.82, 2.24) is 0 Å². The molecule has 10 nitrogen and oxygen atoms in total. The second-order valence-corrected chi connectivity index (χ2v) is 5.67. The van der Waals surface area contributed by atoms with Gasteiger partial charge in [0.05, 0.1) is 16.3 Å². The molecule has 126 valence electrons. The molecular formula is C13H12N4O6S. The third-order valence-electron chi connectivity index (χ3n) is 2.85. The standard InChI is InChI=1S/C13H12N4O6S/c14-13(18)16(9-1-3-11(4-2-9)17(19)20)10-5-7-12(8-6-10)23-24(15,21)22/h1-8H,(H2,14,18)(H2,15,21,22). The highest BCUT2D eigenvalue weighted by Gasteiger charge is 2.17. The van der Waals surface area contributed by atoms with Crippen LogP contribution in [-0.4, -0.2) is 19.4 Å². The average molecular weight is 352 g/mol. The van der Waals surface area contributed by atoms with Gasteiger partial charge >= 0.3 is 16.3 Å². The van der Waals surface area contributed by atoms with Gasteiger partial charge in [0.25, 0.3) is 5.69 Å². The number of nitro groups is 1. The lowest BCUT2D eigenvalue weighted by Gasteiger charge is -2.20. The fourth-order valence-electron chi connectivity index (χ4n) is 1.91. The first-order valence-corrected chi connectivity index (χ1v) is 7.81. The van der Waals surface area contributed by atoms with Crippen molar-refractivity contribution in [3.8, 4) is 5.75 Å². The number of primary amides is 1. The summed E-state index contributed by atoms with van der Waals surface area (Å²) in [4.78, 5) is 22.9. The highest BCUT2D eigenvalue weighted by atomic mass is 32.2. The molecule has 24 heavy (non-hydrogen) atoms. The molecule has 0 fully saturated rings. The fraction of sp³-hybridized carbons (Fsp3) is 0. The van der Waals surface area contributed by atoms with Gasteiger partial charge < -0.3 is 9.92 Å². The lowest BCUT2D eigenvalue weighted by atomic mass is 10.2. The number of hydrogen-bond donors (Lipinski definition) is 2. The van der Waals surface area contributed by atoms with Gasteiger partial charge in [-0.2, -0.15) is 13.6 Å². The molecule has 2 rings (SSSR count). The SMILES string of the molecule is NC(=O)N(c1ccc(OS(N)(=O)=O)cc1)c1ccc([N+](=O)[O-])cc1. The molecule has 0 saturated heterocycles. The number of nitrogens with zero attached hydrogens (tertiary/aromatic N) is 2. The topological polar surface area (TPSA) is 159 Å². The van der Waals surface area contributed by atoms with Gasteiger partial charge in [0.1, 0.15) is 5.75 Å². The van der Waals surface area contributed by atoms with Gasteiger partial charge in [0, 0.05) is 12.1 Å². The summed E-state index contributed by atoms with van der Waals surface area (Å²) in [5, 5.41) is 15.4. The molecule has 0 radical (unpaired) electrons. The van der Waals surface area contributed by atoms with Crippen LogP contribution in [0.25, 0.3) is 0 Å². The second-order valence-electron chi connectivity index (χ2n) is 4.52. The van der Waals surface area contributed by atoms with Gasteiger partial charge in [-0.15, -0.1) is 0 Å². The Labute approximate surface area is 136 Å². The lowest BCUT2D eigenvalue weighted by Crippen LogP contribution is -2.31. The van der Waals surface area contributed by atoms with E-state index in [4.69, 9.17) is 10.9 Å². The van der Waals surface area contributed by atoms with Gasteiger partial charge in [-0.1, -0.05) is 0 Å². The Bertz CT molecular complexity index is 864. The van der Waals surface area contributed by atoms with Crippen LogP contribution in [0.5, 0.6) is 5.75 Å². The number of hydrogen-bond acceptors (Lipinski definition) is 6. The molecule has 0 aliphatic carbocycles. The summed E-state index contributed by atoms with van der Waals surface area (Å²) in [5.74, 6) is -0.0469. The van der Waals surface area contributed by atoms with E-state index in [0.717, 1.165) is 4.90 Å². The summed E-state index contributed by atoms with van der Waals surface area (Å²) in [5.41, 5.74) is 5.81. The first-order valence-electron chi connectivity index (χ1n) is 6.33. The molecule has 2 amide bonds. The fourth-order valence-corrected chi connectivity index (χ4v) is 2.29. The zero-order valence-corrected chi connectivity index (χ0v) is 12.8. The number of urea groups is 1. The van der Waals surface area contributed by atoms with Gasteiger partial charge in [-0.05, 0) is 36.4 Å². The van der Waals surface area contributed by atoms with Crippen LogP contribution in [0.4, 0.5) is 21.9 Å². The van der Waals surface area contributed by atoms with Crippen molar-refractivity contribution in [2.45, 2.75) is 0 Å². The monoisotopic (exact) mass is 352 g/mol. The molecule has 0 aliphatic heterocycles. The molecule has 0 saturated carbocycles. The summed E-state index contributed by atoms with van der Waals surface area (Å²) in [6.45, 7) is 0. The molecule has 11 heteroatoms. The van der Waals surface area contributed by atoms with Crippen LogP contribution in [0.1, 0.15) is 0 Å². The van der Waals surface area contributed by atoms with Crippen molar-refractivity contribution in [3.05, 3.63) is 58.6 Å². The molecule has 0 spiro atoms. The molecular weight excluding hydrogens is 340 g/mol. The van der Waals surface area contributed by atoms with Crippen molar-refractivity contribution < 1.29 is 22.3 Å². The average Bonchev–Trinajstić information content (AvgIpc) is 2.48. The first kappa shape index (κ1) is 17.2. The number of nitrogens with two attached hydrogens (primary N) is 2. The number of benzene rings is 2. The smallest absolute Gasteiger partial charge is 0.371 e. The van der Waals surface area contributed by atoms with Crippen LogP contribution in [0.2, 0.25) is 0 Å². The molecule has 0 aliphatic rings. The summed E-state index contributed by atoms with van der Waals surface area (Å²) in [6.07, 6.45) is 0. The van der Waals surface area contributed by atoms with Crippen LogP contribution in [0, 0.1) is 10.1 Å². The van der Waals surface area contributed by atoms with E-state index in [1.807, 2.05) is 0 Å². The van der Waals surface area contributed by atoms with E-state index >= 15 is 0 Å². The van der Waals surface area contributed by atoms with Crippen LogP contribution < -0.4 is 20.0 Å². The number of amides is 2. The van der Waals surface area contributed by atoms with E-state index in [2.05, 4.69) is 4.18 Å². The molecule has 0 atom stereocenters. The molecule has 0 unspecified atom stereocenters. The van der Waals surface area contributed by atoms with Crippen LogP contribution >= 0.6 is 0 Å². The molecule has 2 aromatic carbocycles. The minimum atomic E-state index is -4.16. The normalized spacial score (nSPS) is 10.9. The number of carbonyl (C=O) groups is 1. The predicted molar refractivity (Wildman–Crippen MR) is 85.0 cm³/mol. The van der Waals surface area contributed by atoms with Gasteiger partial charge in [0.15, 0.2) is 0 Å². The minimum Gasteiger partial charge on any atom is -0.371 e. The molecule has 0 bridgehead atoms. The first-order chi connectivity index (χ1) is 11.2.